The summed E-state index contributed by atoms with van der Waals surface area (Å²) in [5.41, 5.74) is 6.47. The zero-order valence-electron chi connectivity index (χ0n) is 9.32. The van der Waals surface area contributed by atoms with Crippen molar-refractivity contribution in [2.75, 3.05) is 0 Å². The van der Waals surface area contributed by atoms with Crippen molar-refractivity contribution in [2.24, 2.45) is 5.73 Å². The van der Waals surface area contributed by atoms with Crippen LogP contribution in [0.2, 0.25) is 0 Å². The summed E-state index contributed by atoms with van der Waals surface area (Å²) in [6, 6.07) is 9.72. The average molecular weight is 230 g/mol. The molecule has 0 atom stereocenters. The van der Waals surface area contributed by atoms with Crippen LogP contribution in [0.5, 0.6) is 0 Å². The molecule has 5 heteroatoms. The fraction of sp³-hybridized carbons (Fsp3) is 0.333. The van der Waals surface area contributed by atoms with E-state index in [4.69, 9.17) is 5.73 Å². The summed E-state index contributed by atoms with van der Waals surface area (Å²) in [6.45, 7) is 0. The van der Waals surface area contributed by atoms with E-state index in [0.717, 1.165) is 5.69 Å². The lowest BCUT2D eigenvalue weighted by Gasteiger charge is -2.41. The predicted octanol–water partition coefficient (Wildman–Crippen LogP) is 0.576. The van der Waals surface area contributed by atoms with Gasteiger partial charge in [-0.05, 0) is 25.0 Å². The molecule has 3 N–H and O–H groups in total. The van der Waals surface area contributed by atoms with Crippen molar-refractivity contribution in [2.45, 2.75) is 24.5 Å². The number of benzene rings is 1. The van der Waals surface area contributed by atoms with Gasteiger partial charge in [-0.2, -0.15) is 0 Å². The summed E-state index contributed by atoms with van der Waals surface area (Å²) in [5, 5.41) is 18.3. The second kappa shape index (κ2) is 3.65. The highest BCUT2D eigenvalue weighted by molar-refractivity contribution is 5.33. The summed E-state index contributed by atoms with van der Waals surface area (Å²) >= 11 is 0. The van der Waals surface area contributed by atoms with E-state index in [1.54, 1.807) is 10.9 Å². The van der Waals surface area contributed by atoms with E-state index in [2.05, 4.69) is 10.3 Å². The molecule has 5 nitrogen and oxygen atoms in total. The molecule has 1 aliphatic rings. The molecule has 1 aromatic carbocycles. The molecular formula is C12H14N4O. The van der Waals surface area contributed by atoms with E-state index in [1.807, 2.05) is 30.3 Å². The van der Waals surface area contributed by atoms with Gasteiger partial charge in [0.05, 0.1) is 17.6 Å². The quantitative estimate of drug-likeness (QED) is 0.791. The molecule has 0 saturated heterocycles. The Kier molecular flexibility index (Phi) is 2.24. The molecule has 3 rings (SSSR count). The van der Waals surface area contributed by atoms with Gasteiger partial charge in [-0.1, -0.05) is 23.4 Å². The Morgan fingerprint density at radius 2 is 2.00 bits per heavy atom. The number of aliphatic hydroxyl groups is 1. The first-order chi connectivity index (χ1) is 8.19. The van der Waals surface area contributed by atoms with Gasteiger partial charge in [-0.15, -0.1) is 5.10 Å². The van der Waals surface area contributed by atoms with Crippen molar-refractivity contribution < 1.29 is 5.11 Å². The largest absolute Gasteiger partial charge is 0.383 e. The average Bonchev–Trinajstić information content (AvgIpc) is 2.77. The maximum atomic E-state index is 10.4. The maximum Gasteiger partial charge on any atom is 0.111 e. The van der Waals surface area contributed by atoms with Gasteiger partial charge < -0.3 is 10.8 Å². The number of aromatic nitrogens is 3. The van der Waals surface area contributed by atoms with E-state index in [0.29, 0.717) is 18.5 Å². The van der Waals surface area contributed by atoms with Crippen LogP contribution in [-0.2, 0) is 5.60 Å². The van der Waals surface area contributed by atoms with Crippen LogP contribution in [0.1, 0.15) is 18.5 Å². The minimum Gasteiger partial charge on any atom is -0.383 e. The summed E-state index contributed by atoms with van der Waals surface area (Å²) in [7, 11) is 0. The van der Waals surface area contributed by atoms with Crippen LogP contribution in [0.15, 0.2) is 36.5 Å². The molecule has 1 saturated carbocycles. The zero-order chi connectivity index (χ0) is 11.9. The first-order valence-electron chi connectivity index (χ1n) is 5.64. The summed E-state index contributed by atoms with van der Waals surface area (Å²) < 4.78 is 1.67. The molecule has 1 heterocycles. The van der Waals surface area contributed by atoms with E-state index < -0.39 is 5.60 Å². The Balaban J connectivity index is 2.01. The van der Waals surface area contributed by atoms with Crippen LogP contribution in [0.25, 0.3) is 5.69 Å². The molecule has 0 bridgehead atoms. The van der Waals surface area contributed by atoms with E-state index in [1.165, 1.54) is 0 Å². The second-order valence-electron chi connectivity index (χ2n) is 4.57. The van der Waals surface area contributed by atoms with Gasteiger partial charge in [0.1, 0.15) is 5.60 Å². The van der Waals surface area contributed by atoms with Gasteiger partial charge in [-0.25, -0.2) is 4.68 Å². The fourth-order valence-corrected chi connectivity index (χ4v) is 2.33. The van der Waals surface area contributed by atoms with Gasteiger partial charge in [-0.3, -0.25) is 0 Å². The molecular weight excluding hydrogens is 216 g/mol. The summed E-state index contributed by atoms with van der Waals surface area (Å²) in [4.78, 5) is 0. The third-order valence-electron chi connectivity index (χ3n) is 3.23. The number of hydrogen-bond acceptors (Lipinski definition) is 4. The van der Waals surface area contributed by atoms with Crippen molar-refractivity contribution in [3.8, 4) is 5.69 Å². The standard InChI is InChI=1S/C12H14N4O/c13-9-6-12(17,7-9)11-8-14-15-16(11)10-4-2-1-3-5-10/h1-5,8-9,17H,6-7,13H2. The van der Waals surface area contributed by atoms with Gasteiger partial charge in [0.25, 0.3) is 0 Å². The third-order valence-corrected chi connectivity index (χ3v) is 3.23. The fourth-order valence-electron chi connectivity index (χ4n) is 2.33. The molecule has 17 heavy (non-hydrogen) atoms. The predicted molar refractivity (Wildman–Crippen MR) is 62.5 cm³/mol. The van der Waals surface area contributed by atoms with E-state index in [9.17, 15) is 5.11 Å². The maximum absolute atomic E-state index is 10.4. The van der Waals surface area contributed by atoms with Crippen molar-refractivity contribution in [1.82, 2.24) is 15.0 Å². The lowest BCUT2D eigenvalue weighted by Crippen LogP contribution is -2.50. The van der Waals surface area contributed by atoms with Gasteiger partial charge in [0.2, 0.25) is 0 Å². The number of nitrogens with zero attached hydrogens (tertiary/aromatic N) is 3. The smallest absolute Gasteiger partial charge is 0.111 e. The van der Waals surface area contributed by atoms with Gasteiger partial charge in [0, 0.05) is 6.04 Å². The summed E-state index contributed by atoms with van der Waals surface area (Å²) in [5.74, 6) is 0. The number of rotatable bonds is 2. The lowest BCUT2D eigenvalue weighted by atomic mass is 9.74. The van der Waals surface area contributed by atoms with E-state index >= 15 is 0 Å². The van der Waals surface area contributed by atoms with Crippen LogP contribution in [0, 0.1) is 0 Å². The number of hydrogen-bond donors (Lipinski definition) is 2. The highest BCUT2D eigenvalue weighted by atomic mass is 16.3. The Morgan fingerprint density at radius 3 is 2.65 bits per heavy atom. The number of para-hydroxylation sites is 1. The first kappa shape index (κ1) is 10.4. The van der Waals surface area contributed by atoms with Crippen molar-refractivity contribution in [3.05, 3.63) is 42.2 Å². The highest BCUT2D eigenvalue weighted by Gasteiger charge is 2.45. The number of nitrogens with two attached hydrogens (primary N) is 1. The van der Waals surface area contributed by atoms with Crippen LogP contribution < -0.4 is 5.73 Å². The Hall–Kier alpha value is -1.72. The molecule has 88 valence electrons. The zero-order valence-corrected chi connectivity index (χ0v) is 9.32. The minimum atomic E-state index is -0.876. The van der Waals surface area contributed by atoms with Crippen molar-refractivity contribution in [1.29, 1.82) is 0 Å². The van der Waals surface area contributed by atoms with Crippen LogP contribution in [-0.4, -0.2) is 26.1 Å². The second-order valence-corrected chi connectivity index (χ2v) is 4.57. The normalized spacial score (nSPS) is 27.8. The molecule has 0 unspecified atom stereocenters. The molecule has 2 aromatic rings. The van der Waals surface area contributed by atoms with Gasteiger partial charge >= 0.3 is 0 Å². The lowest BCUT2D eigenvalue weighted by molar-refractivity contribution is -0.0577. The molecule has 1 aromatic heterocycles. The summed E-state index contributed by atoms with van der Waals surface area (Å²) in [6.07, 6.45) is 2.74. The first-order valence-corrected chi connectivity index (χ1v) is 5.64. The minimum absolute atomic E-state index is 0.0686. The Labute approximate surface area is 98.9 Å². The monoisotopic (exact) mass is 230 g/mol. The molecule has 0 spiro atoms. The van der Waals surface area contributed by atoms with E-state index in [-0.39, 0.29) is 6.04 Å². The third kappa shape index (κ3) is 1.64. The van der Waals surface area contributed by atoms with Crippen molar-refractivity contribution >= 4 is 0 Å². The van der Waals surface area contributed by atoms with Crippen LogP contribution >= 0.6 is 0 Å². The topological polar surface area (TPSA) is 77.0 Å². The molecule has 0 aliphatic heterocycles. The SMILES string of the molecule is NC1CC(O)(c2cnnn2-c2ccccc2)C1. The molecule has 1 aliphatic carbocycles. The van der Waals surface area contributed by atoms with Gasteiger partial charge in [0.15, 0.2) is 0 Å². The van der Waals surface area contributed by atoms with Crippen molar-refractivity contribution in [3.63, 3.8) is 0 Å². The van der Waals surface area contributed by atoms with Crippen LogP contribution in [0.4, 0.5) is 0 Å². The highest BCUT2D eigenvalue weighted by Crippen LogP contribution is 2.40. The van der Waals surface area contributed by atoms with Crippen LogP contribution in [0.3, 0.4) is 0 Å². The molecule has 0 radical (unpaired) electrons. The molecule has 1 fully saturated rings. The Morgan fingerprint density at radius 1 is 1.29 bits per heavy atom. The Bertz CT molecular complexity index is 516. The molecule has 0 amide bonds.